The number of hydrogen-bond acceptors (Lipinski definition) is 4. The molecule has 6 heteroatoms. The number of carboxylic acids is 1. The Morgan fingerprint density at radius 1 is 1.71 bits per heavy atom. The molecule has 0 saturated carbocycles. The zero-order chi connectivity index (χ0) is 12.4. The third-order valence-electron chi connectivity index (χ3n) is 2.47. The van der Waals surface area contributed by atoms with E-state index >= 15 is 0 Å². The van der Waals surface area contributed by atoms with E-state index < -0.39 is 12.0 Å². The van der Waals surface area contributed by atoms with Gasteiger partial charge in [0.2, 0.25) is 0 Å². The first-order valence-corrected chi connectivity index (χ1v) is 6.02. The van der Waals surface area contributed by atoms with Crippen molar-refractivity contribution in [3.05, 3.63) is 29.0 Å². The lowest BCUT2D eigenvalue weighted by molar-refractivity contribution is -0.138. The summed E-state index contributed by atoms with van der Waals surface area (Å²) in [6, 6.07) is 1.11. The lowest BCUT2D eigenvalue weighted by Gasteiger charge is -2.02. The van der Waals surface area contributed by atoms with E-state index in [1.165, 1.54) is 5.56 Å². The Hall–Kier alpha value is -1.66. The van der Waals surface area contributed by atoms with Gasteiger partial charge in [-0.25, -0.2) is 4.98 Å². The summed E-state index contributed by atoms with van der Waals surface area (Å²) < 4.78 is 0. The van der Waals surface area contributed by atoms with Gasteiger partial charge < -0.3 is 15.8 Å². The van der Waals surface area contributed by atoms with Gasteiger partial charge in [-0.3, -0.25) is 4.79 Å². The second kappa shape index (κ2) is 4.68. The Labute approximate surface area is 102 Å². The summed E-state index contributed by atoms with van der Waals surface area (Å²) in [5.41, 5.74) is 7.53. The van der Waals surface area contributed by atoms with Crippen LogP contribution in [0.3, 0.4) is 0 Å². The van der Waals surface area contributed by atoms with Crippen molar-refractivity contribution in [3.63, 3.8) is 0 Å². The van der Waals surface area contributed by atoms with Crippen molar-refractivity contribution in [1.82, 2.24) is 9.97 Å². The second-order valence-electron chi connectivity index (χ2n) is 3.83. The third-order valence-corrected chi connectivity index (χ3v) is 3.52. The first-order chi connectivity index (χ1) is 8.08. The monoisotopic (exact) mass is 251 g/mol. The Bertz CT molecular complexity index is 532. The summed E-state index contributed by atoms with van der Waals surface area (Å²) in [6.07, 6.45) is 1.92. The van der Waals surface area contributed by atoms with Crippen LogP contribution >= 0.6 is 11.3 Å². The largest absolute Gasteiger partial charge is 0.480 e. The fourth-order valence-corrected chi connectivity index (χ4v) is 2.42. The van der Waals surface area contributed by atoms with Crippen LogP contribution in [-0.4, -0.2) is 27.1 Å². The lowest BCUT2D eigenvalue weighted by Crippen LogP contribution is -2.32. The normalized spacial score (nSPS) is 12.6. The molecular weight excluding hydrogens is 238 g/mol. The van der Waals surface area contributed by atoms with Gasteiger partial charge in [0.25, 0.3) is 0 Å². The number of carbonyl (C=O) groups is 1. The molecule has 2 heterocycles. The maximum absolute atomic E-state index is 10.6. The number of nitrogens with two attached hydrogens (primary N) is 1. The van der Waals surface area contributed by atoms with E-state index in [4.69, 9.17) is 10.8 Å². The number of aliphatic carboxylic acids is 1. The maximum atomic E-state index is 10.6. The van der Waals surface area contributed by atoms with Gasteiger partial charge in [0.1, 0.15) is 11.9 Å². The number of H-pyrrole nitrogens is 1. The minimum absolute atomic E-state index is 0.208. The van der Waals surface area contributed by atoms with E-state index in [0.29, 0.717) is 5.82 Å². The van der Waals surface area contributed by atoms with Crippen LogP contribution in [0.2, 0.25) is 0 Å². The number of aryl methyl sites for hydroxylation is 1. The maximum Gasteiger partial charge on any atom is 0.320 e. The number of thiophene rings is 1. The second-order valence-corrected chi connectivity index (χ2v) is 4.74. The van der Waals surface area contributed by atoms with Gasteiger partial charge >= 0.3 is 5.97 Å². The van der Waals surface area contributed by atoms with Gasteiger partial charge in [0.15, 0.2) is 0 Å². The molecule has 4 N–H and O–H groups in total. The molecule has 2 rings (SSSR count). The van der Waals surface area contributed by atoms with Crippen molar-refractivity contribution in [2.75, 3.05) is 0 Å². The number of nitrogens with one attached hydrogen (secondary N) is 1. The molecule has 0 saturated heterocycles. The highest BCUT2D eigenvalue weighted by molar-refractivity contribution is 7.13. The molecule has 0 aliphatic rings. The zero-order valence-electron chi connectivity index (χ0n) is 9.30. The van der Waals surface area contributed by atoms with Crippen LogP contribution in [0.4, 0.5) is 0 Å². The zero-order valence-corrected chi connectivity index (χ0v) is 10.1. The predicted octanol–water partition coefficient (Wildman–Crippen LogP) is 1.40. The summed E-state index contributed by atoms with van der Waals surface area (Å²) in [6.45, 7) is 2.02. The molecule has 0 aliphatic heterocycles. The van der Waals surface area contributed by atoms with Crippen LogP contribution in [0.25, 0.3) is 10.6 Å². The van der Waals surface area contributed by atoms with Gasteiger partial charge in [0.05, 0.1) is 16.8 Å². The van der Waals surface area contributed by atoms with Crippen LogP contribution in [0.5, 0.6) is 0 Å². The number of rotatable bonds is 4. The molecule has 1 atom stereocenters. The number of carboxylic acid groups (broad SMARTS) is 1. The number of aromatic amines is 1. The number of nitrogens with zero attached hydrogens (tertiary/aromatic N) is 1. The molecular formula is C11H13N3O2S. The minimum Gasteiger partial charge on any atom is -0.480 e. The average Bonchev–Trinajstić information content (AvgIpc) is 2.86. The Kier molecular flexibility index (Phi) is 3.26. The third kappa shape index (κ3) is 2.54. The first kappa shape index (κ1) is 11.8. The summed E-state index contributed by atoms with van der Waals surface area (Å²) in [5, 5.41) is 10.7. The molecule has 0 aliphatic carbocycles. The van der Waals surface area contributed by atoms with Crippen molar-refractivity contribution in [3.8, 4) is 10.6 Å². The van der Waals surface area contributed by atoms with Crippen molar-refractivity contribution >= 4 is 17.3 Å². The molecule has 90 valence electrons. The lowest BCUT2D eigenvalue weighted by atomic mass is 10.2. The van der Waals surface area contributed by atoms with Crippen LogP contribution in [0, 0.1) is 6.92 Å². The van der Waals surface area contributed by atoms with E-state index in [1.807, 2.05) is 18.4 Å². The molecule has 0 spiro atoms. The Balaban J connectivity index is 2.17. The standard InChI is InChI=1S/C11H13N3O2S/c1-6-2-3-17-10(6)8-5-13-9(14-8)4-7(12)11(15)16/h2-3,5,7H,4,12H2,1H3,(H,13,14)(H,15,16). The van der Waals surface area contributed by atoms with Crippen LogP contribution in [0.1, 0.15) is 11.4 Å². The highest BCUT2D eigenvalue weighted by Crippen LogP contribution is 2.27. The summed E-state index contributed by atoms with van der Waals surface area (Å²) in [7, 11) is 0. The molecule has 2 aromatic rings. The van der Waals surface area contributed by atoms with Crippen molar-refractivity contribution in [1.29, 1.82) is 0 Å². The number of imidazole rings is 1. The number of hydrogen-bond donors (Lipinski definition) is 3. The average molecular weight is 251 g/mol. The molecule has 5 nitrogen and oxygen atoms in total. The predicted molar refractivity (Wildman–Crippen MR) is 66.0 cm³/mol. The molecule has 1 unspecified atom stereocenters. The fourth-order valence-electron chi connectivity index (χ4n) is 1.53. The van der Waals surface area contributed by atoms with E-state index in [-0.39, 0.29) is 6.42 Å². The topological polar surface area (TPSA) is 92.0 Å². The molecule has 0 bridgehead atoms. The van der Waals surface area contributed by atoms with E-state index in [2.05, 4.69) is 9.97 Å². The highest BCUT2D eigenvalue weighted by atomic mass is 32.1. The van der Waals surface area contributed by atoms with Crippen LogP contribution in [0.15, 0.2) is 17.6 Å². The van der Waals surface area contributed by atoms with Crippen LogP contribution in [-0.2, 0) is 11.2 Å². The summed E-state index contributed by atoms with van der Waals surface area (Å²) in [5.74, 6) is -0.419. The number of aromatic nitrogens is 2. The van der Waals surface area contributed by atoms with Gasteiger partial charge in [-0.1, -0.05) is 0 Å². The molecule has 17 heavy (non-hydrogen) atoms. The summed E-state index contributed by atoms with van der Waals surface area (Å²) in [4.78, 5) is 19.0. The van der Waals surface area contributed by atoms with Gasteiger partial charge in [0, 0.05) is 6.42 Å². The van der Waals surface area contributed by atoms with E-state index in [0.717, 1.165) is 10.6 Å². The van der Waals surface area contributed by atoms with Crippen LogP contribution < -0.4 is 5.73 Å². The van der Waals surface area contributed by atoms with E-state index in [9.17, 15) is 4.79 Å². The Morgan fingerprint density at radius 3 is 3.06 bits per heavy atom. The van der Waals surface area contributed by atoms with Gasteiger partial charge in [-0.15, -0.1) is 11.3 Å². The van der Waals surface area contributed by atoms with Crippen molar-refractivity contribution < 1.29 is 9.90 Å². The molecule has 0 amide bonds. The van der Waals surface area contributed by atoms with Gasteiger partial charge in [-0.2, -0.15) is 0 Å². The minimum atomic E-state index is -1.02. The van der Waals surface area contributed by atoms with Crippen molar-refractivity contribution in [2.45, 2.75) is 19.4 Å². The summed E-state index contributed by atoms with van der Waals surface area (Å²) >= 11 is 1.62. The first-order valence-electron chi connectivity index (χ1n) is 5.14. The van der Waals surface area contributed by atoms with E-state index in [1.54, 1.807) is 17.5 Å². The van der Waals surface area contributed by atoms with Crippen molar-refractivity contribution in [2.24, 2.45) is 5.73 Å². The fraction of sp³-hybridized carbons (Fsp3) is 0.273. The van der Waals surface area contributed by atoms with Gasteiger partial charge in [-0.05, 0) is 23.9 Å². The SMILES string of the molecule is Cc1ccsc1-c1cnc(CC(N)C(=O)O)[nH]1. The smallest absolute Gasteiger partial charge is 0.320 e. The molecule has 0 fully saturated rings. The molecule has 0 aromatic carbocycles. The quantitative estimate of drug-likeness (QED) is 0.766. The Morgan fingerprint density at radius 2 is 2.47 bits per heavy atom. The molecule has 0 radical (unpaired) electrons. The highest BCUT2D eigenvalue weighted by Gasteiger charge is 2.15. The molecule has 2 aromatic heterocycles.